The van der Waals surface area contributed by atoms with Gasteiger partial charge >= 0.3 is 0 Å². The Kier molecular flexibility index (Phi) is 6.91. The largest absolute Gasteiger partial charge is 0.508 e. The lowest BCUT2D eigenvalue weighted by molar-refractivity contribution is -0.117. The fourth-order valence-corrected chi connectivity index (χ4v) is 1.73. The molecule has 0 radical (unpaired) electrons. The van der Waals surface area contributed by atoms with Crippen molar-refractivity contribution in [1.82, 2.24) is 5.32 Å². The van der Waals surface area contributed by atoms with E-state index < -0.39 is 0 Å². The van der Waals surface area contributed by atoms with E-state index in [1.165, 1.54) is 18.2 Å². The van der Waals surface area contributed by atoms with Gasteiger partial charge in [-0.3, -0.25) is 4.79 Å². The van der Waals surface area contributed by atoms with Gasteiger partial charge in [0.15, 0.2) is 0 Å². The maximum atomic E-state index is 11.8. The Morgan fingerprint density at radius 2 is 2.00 bits per heavy atom. The molecule has 4 heteroatoms. The van der Waals surface area contributed by atoms with Crippen molar-refractivity contribution in [2.24, 2.45) is 0 Å². The molecule has 0 aromatic heterocycles. The van der Waals surface area contributed by atoms with Gasteiger partial charge in [0, 0.05) is 6.54 Å². The first kappa shape index (κ1) is 15.8. The van der Waals surface area contributed by atoms with Crippen molar-refractivity contribution < 1.29 is 9.90 Å². The molecule has 106 valence electrons. The highest BCUT2D eigenvalue weighted by atomic mass is 16.3. The molecule has 1 amide bonds. The predicted octanol–water partition coefficient (Wildman–Crippen LogP) is 3.00. The van der Waals surface area contributed by atoms with Crippen molar-refractivity contribution in [3.05, 3.63) is 35.4 Å². The van der Waals surface area contributed by atoms with Crippen LogP contribution in [0.2, 0.25) is 0 Å². The van der Waals surface area contributed by atoms with E-state index >= 15 is 0 Å². The van der Waals surface area contributed by atoms with Crippen LogP contribution < -0.4 is 5.32 Å². The molecule has 0 spiro atoms. The molecule has 0 bridgehead atoms. The van der Waals surface area contributed by atoms with E-state index in [1.54, 1.807) is 12.1 Å². The van der Waals surface area contributed by atoms with Gasteiger partial charge in [0.25, 0.3) is 5.91 Å². The minimum absolute atomic E-state index is 0.0752. The number of carbonyl (C=O) groups is 1. The molecular formula is C16H20N2O2. The number of aromatic hydroxyl groups is 1. The number of nitrogens with zero attached hydrogens (tertiary/aromatic N) is 1. The number of rotatable bonds is 7. The number of unbranched alkanes of at least 4 members (excludes halogenated alkanes) is 3. The Labute approximate surface area is 119 Å². The third-order valence-electron chi connectivity index (χ3n) is 2.89. The zero-order valence-corrected chi connectivity index (χ0v) is 11.7. The second-order valence-corrected chi connectivity index (χ2v) is 4.58. The molecule has 0 unspecified atom stereocenters. The Morgan fingerprint density at radius 1 is 1.30 bits per heavy atom. The number of nitrogens with one attached hydrogen (secondary N) is 1. The SMILES string of the molecule is CCCCCCNC(=O)/C(C#N)=C/c1ccc(O)cc1. The lowest BCUT2D eigenvalue weighted by Crippen LogP contribution is -2.25. The van der Waals surface area contributed by atoms with Crippen LogP contribution in [-0.4, -0.2) is 17.6 Å². The summed E-state index contributed by atoms with van der Waals surface area (Å²) in [7, 11) is 0. The smallest absolute Gasteiger partial charge is 0.261 e. The van der Waals surface area contributed by atoms with Crippen molar-refractivity contribution in [2.75, 3.05) is 6.54 Å². The summed E-state index contributed by atoms with van der Waals surface area (Å²) in [5.41, 5.74) is 0.784. The van der Waals surface area contributed by atoms with E-state index in [2.05, 4.69) is 12.2 Å². The Morgan fingerprint density at radius 3 is 2.60 bits per heavy atom. The number of phenols is 1. The number of benzene rings is 1. The van der Waals surface area contributed by atoms with E-state index in [0.29, 0.717) is 12.1 Å². The van der Waals surface area contributed by atoms with Crippen molar-refractivity contribution in [1.29, 1.82) is 5.26 Å². The molecule has 1 aromatic carbocycles. The van der Waals surface area contributed by atoms with E-state index in [9.17, 15) is 9.90 Å². The highest BCUT2D eigenvalue weighted by Gasteiger charge is 2.07. The van der Waals surface area contributed by atoms with Crippen LogP contribution in [0, 0.1) is 11.3 Å². The molecule has 0 fully saturated rings. The van der Waals surface area contributed by atoms with Crippen LogP contribution in [0.5, 0.6) is 5.75 Å². The molecule has 0 saturated carbocycles. The predicted molar refractivity (Wildman–Crippen MR) is 78.8 cm³/mol. The normalized spacial score (nSPS) is 10.9. The van der Waals surface area contributed by atoms with E-state index in [4.69, 9.17) is 5.26 Å². The Balaban J connectivity index is 2.55. The maximum Gasteiger partial charge on any atom is 0.261 e. The first-order valence-corrected chi connectivity index (χ1v) is 6.86. The summed E-state index contributed by atoms with van der Waals surface area (Å²) in [6, 6.07) is 8.25. The monoisotopic (exact) mass is 272 g/mol. The van der Waals surface area contributed by atoms with Gasteiger partial charge in [-0.05, 0) is 30.2 Å². The van der Waals surface area contributed by atoms with Crippen LogP contribution in [0.25, 0.3) is 6.08 Å². The Hall–Kier alpha value is -2.28. The molecule has 0 atom stereocenters. The third-order valence-corrected chi connectivity index (χ3v) is 2.89. The average Bonchev–Trinajstić information content (AvgIpc) is 2.46. The van der Waals surface area contributed by atoms with Crippen LogP contribution in [-0.2, 0) is 4.79 Å². The number of hydrogen-bond acceptors (Lipinski definition) is 3. The van der Waals surface area contributed by atoms with E-state index in [0.717, 1.165) is 25.7 Å². The average molecular weight is 272 g/mol. The van der Waals surface area contributed by atoms with E-state index in [1.807, 2.05) is 6.07 Å². The van der Waals surface area contributed by atoms with Crippen molar-refractivity contribution in [3.63, 3.8) is 0 Å². The van der Waals surface area contributed by atoms with Gasteiger partial charge in [-0.25, -0.2) is 0 Å². The fraction of sp³-hybridized carbons (Fsp3) is 0.375. The summed E-state index contributed by atoms with van der Waals surface area (Å²) in [5.74, 6) is -0.196. The van der Waals surface area contributed by atoms with Gasteiger partial charge in [-0.15, -0.1) is 0 Å². The summed E-state index contributed by atoms with van der Waals surface area (Å²) >= 11 is 0. The van der Waals surface area contributed by atoms with Gasteiger partial charge in [0.1, 0.15) is 17.4 Å². The van der Waals surface area contributed by atoms with Gasteiger partial charge in [0.05, 0.1) is 0 Å². The molecular weight excluding hydrogens is 252 g/mol. The van der Waals surface area contributed by atoms with Gasteiger partial charge in [-0.2, -0.15) is 5.26 Å². The minimum Gasteiger partial charge on any atom is -0.508 e. The van der Waals surface area contributed by atoms with Gasteiger partial charge in [-0.1, -0.05) is 38.3 Å². The quantitative estimate of drug-likeness (QED) is 0.455. The van der Waals surface area contributed by atoms with Crippen LogP contribution in [0.4, 0.5) is 0 Å². The molecule has 0 aliphatic carbocycles. The maximum absolute atomic E-state index is 11.8. The third kappa shape index (κ3) is 5.57. The van der Waals surface area contributed by atoms with Crippen molar-refractivity contribution in [2.45, 2.75) is 32.6 Å². The number of carbonyl (C=O) groups excluding carboxylic acids is 1. The summed E-state index contributed by atoms with van der Waals surface area (Å²) in [5, 5.41) is 20.9. The molecule has 0 saturated heterocycles. The minimum atomic E-state index is -0.350. The molecule has 0 heterocycles. The van der Waals surface area contributed by atoms with Gasteiger partial charge in [0.2, 0.25) is 0 Å². The van der Waals surface area contributed by atoms with Crippen LogP contribution >= 0.6 is 0 Å². The van der Waals surface area contributed by atoms with Crippen LogP contribution in [0.3, 0.4) is 0 Å². The van der Waals surface area contributed by atoms with Crippen molar-refractivity contribution >= 4 is 12.0 Å². The highest BCUT2D eigenvalue weighted by molar-refractivity contribution is 6.01. The standard InChI is InChI=1S/C16H20N2O2/c1-2-3-4-5-10-18-16(20)14(12-17)11-13-6-8-15(19)9-7-13/h6-9,11,19H,2-5,10H2,1H3,(H,18,20)/b14-11+. The molecule has 0 aliphatic rings. The van der Waals surface area contributed by atoms with Crippen LogP contribution in [0.1, 0.15) is 38.2 Å². The van der Waals surface area contributed by atoms with Gasteiger partial charge < -0.3 is 10.4 Å². The lowest BCUT2D eigenvalue weighted by atomic mass is 10.1. The number of amides is 1. The fourth-order valence-electron chi connectivity index (χ4n) is 1.73. The molecule has 2 N–H and O–H groups in total. The summed E-state index contributed by atoms with van der Waals surface area (Å²) in [6.45, 7) is 2.72. The number of phenolic OH excluding ortho intramolecular Hbond substituents is 1. The molecule has 4 nitrogen and oxygen atoms in total. The molecule has 20 heavy (non-hydrogen) atoms. The number of hydrogen-bond donors (Lipinski definition) is 2. The second kappa shape index (κ2) is 8.76. The zero-order chi connectivity index (χ0) is 14.8. The highest BCUT2D eigenvalue weighted by Crippen LogP contribution is 2.12. The van der Waals surface area contributed by atoms with Crippen molar-refractivity contribution in [3.8, 4) is 11.8 Å². The first-order chi connectivity index (χ1) is 9.67. The summed E-state index contributed by atoms with van der Waals surface area (Å²) < 4.78 is 0. The Bertz CT molecular complexity index is 498. The zero-order valence-electron chi connectivity index (χ0n) is 11.7. The summed E-state index contributed by atoms with van der Waals surface area (Å²) in [4.78, 5) is 11.8. The summed E-state index contributed by atoms with van der Waals surface area (Å²) in [6.07, 6.45) is 5.83. The lowest BCUT2D eigenvalue weighted by Gasteiger charge is -2.04. The topological polar surface area (TPSA) is 73.1 Å². The second-order valence-electron chi connectivity index (χ2n) is 4.58. The molecule has 1 rings (SSSR count). The molecule has 0 aliphatic heterocycles. The van der Waals surface area contributed by atoms with Crippen LogP contribution in [0.15, 0.2) is 29.8 Å². The first-order valence-electron chi connectivity index (χ1n) is 6.86. The van der Waals surface area contributed by atoms with E-state index in [-0.39, 0.29) is 17.2 Å². The number of nitriles is 1. The molecule has 1 aromatic rings.